The zero-order chi connectivity index (χ0) is 16.5. The van der Waals surface area contributed by atoms with Gasteiger partial charge >= 0.3 is 0 Å². The second-order valence-corrected chi connectivity index (χ2v) is 7.71. The number of rotatable bonds is 5. The van der Waals surface area contributed by atoms with Gasteiger partial charge in [0.15, 0.2) is 0 Å². The zero-order valence-corrected chi connectivity index (χ0v) is 13.9. The molecule has 1 aromatic rings. The molecule has 3 atom stereocenters. The SMILES string of the molecule is C[N+]1(CC(=O)[O-])CCC(C(O)(c2ccccc2)C2CCCC2)C1. The second kappa shape index (κ2) is 6.25. The number of hydrogen-bond acceptors (Lipinski definition) is 3. The summed E-state index contributed by atoms with van der Waals surface area (Å²) in [6.45, 7) is 1.53. The lowest BCUT2D eigenvalue weighted by Crippen LogP contribution is -2.51. The van der Waals surface area contributed by atoms with E-state index in [1.54, 1.807) is 0 Å². The van der Waals surface area contributed by atoms with Gasteiger partial charge in [0, 0.05) is 12.3 Å². The Morgan fingerprint density at radius 1 is 1.22 bits per heavy atom. The van der Waals surface area contributed by atoms with E-state index in [0.717, 1.165) is 31.4 Å². The minimum absolute atomic E-state index is 0.0338. The number of carboxylic acid groups (broad SMARTS) is 1. The van der Waals surface area contributed by atoms with Crippen LogP contribution in [0.25, 0.3) is 0 Å². The van der Waals surface area contributed by atoms with Crippen molar-refractivity contribution in [3.05, 3.63) is 35.9 Å². The summed E-state index contributed by atoms with van der Waals surface area (Å²) in [7, 11) is 1.97. The molecule has 0 radical (unpaired) electrons. The van der Waals surface area contributed by atoms with Gasteiger partial charge in [0.2, 0.25) is 0 Å². The van der Waals surface area contributed by atoms with E-state index in [9.17, 15) is 15.0 Å². The fourth-order valence-electron chi connectivity index (χ4n) is 4.87. The summed E-state index contributed by atoms with van der Waals surface area (Å²) >= 11 is 0. The maximum absolute atomic E-state index is 11.8. The fraction of sp³-hybridized carbons (Fsp3) is 0.632. The van der Waals surface area contributed by atoms with Crippen molar-refractivity contribution in [3.8, 4) is 0 Å². The third-order valence-electron chi connectivity index (χ3n) is 6.03. The largest absolute Gasteiger partial charge is 0.544 e. The minimum atomic E-state index is -1.00. The highest BCUT2D eigenvalue weighted by Gasteiger charge is 2.51. The smallest absolute Gasteiger partial charge is 0.119 e. The summed E-state index contributed by atoms with van der Waals surface area (Å²) in [4.78, 5) is 11.1. The maximum Gasteiger partial charge on any atom is 0.119 e. The summed E-state index contributed by atoms with van der Waals surface area (Å²) in [6, 6.07) is 10.0. The molecule has 0 aromatic heterocycles. The Bertz CT molecular complexity index is 555. The summed E-state index contributed by atoms with van der Waals surface area (Å²) in [5.74, 6) is -0.612. The van der Waals surface area contributed by atoms with Gasteiger partial charge in [-0.2, -0.15) is 0 Å². The average molecular weight is 317 g/mol. The molecule has 1 saturated heterocycles. The maximum atomic E-state index is 11.8. The predicted octanol–water partition coefficient (Wildman–Crippen LogP) is 1.28. The molecule has 4 heteroatoms. The molecular weight excluding hydrogens is 290 g/mol. The molecule has 23 heavy (non-hydrogen) atoms. The van der Waals surface area contributed by atoms with Gasteiger partial charge in [0.1, 0.15) is 12.1 Å². The number of nitrogens with zero attached hydrogens (tertiary/aromatic N) is 1. The molecule has 0 amide bonds. The summed E-state index contributed by atoms with van der Waals surface area (Å²) in [5, 5.41) is 22.8. The lowest BCUT2D eigenvalue weighted by Gasteiger charge is -2.40. The molecule has 1 aromatic carbocycles. The molecule has 3 unspecified atom stereocenters. The van der Waals surface area contributed by atoms with E-state index in [1.807, 2.05) is 37.4 Å². The van der Waals surface area contributed by atoms with Crippen LogP contribution in [0.2, 0.25) is 0 Å². The van der Waals surface area contributed by atoms with E-state index in [1.165, 1.54) is 12.8 Å². The van der Waals surface area contributed by atoms with Gasteiger partial charge in [-0.3, -0.25) is 0 Å². The molecular formula is C19H27NO3. The van der Waals surface area contributed by atoms with Crippen LogP contribution in [0.5, 0.6) is 0 Å². The second-order valence-electron chi connectivity index (χ2n) is 7.71. The molecule has 1 aliphatic heterocycles. The van der Waals surface area contributed by atoms with Crippen molar-refractivity contribution in [2.45, 2.75) is 37.7 Å². The number of carboxylic acids is 1. The Morgan fingerprint density at radius 2 is 1.87 bits per heavy atom. The summed E-state index contributed by atoms with van der Waals surface area (Å²) in [5.41, 5.74) is 0.165. The predicted molar refractivity (Wildman–Crippen MR) is 86.2 cm³/mol. The first kappa shape index (κ1) is 16.5. The standard InChI is InChI=1S/C19H27NO3/c1-20(14-18(21)22)12-11-17(13-20)19(23,16-9-5-6-10-16)15-7-3-2-4-8-15/h2-4,7-8,16-17,23H,5-6,9-14H2,1H3. The first-order valence-corrected chi connectivity index (χ1v) is 8.75. The van der Waals surface area contributed by atoms with Gasteiger partial charge in [0.05, 0.1) is 26.1 Å². The summed E-state index contributed by atoms with van der Waals surface area (Å²) < 4.78 is 0.467. The fourth-order valence-corrected chi connectivity index (χ4v) is 4.87. The Kier molecular flexibility index (Phi) is 4.47. The van der Waals surface area contributed by atoms with Crippen LogP contribution < -0.4 is 5.11 Å². The van der Waals surface area contributed by atoms with E-state index in [4.69, 9.17) is 0 Å². The van der Waals surface area contributed by atoms with Gasteiger partial charge in [-0.15, -0.1) is 0 Å². The van der Waals surface area contributed by atoms with Gasteiger partial charge < -0.3 is 19.5 Å². The molecule has 1 N–H and O–H groups in total. The Morgan fingerprint density at radius 3 is 2.48 bits per heavy atom. The van der Waals surface area contributed by atoms with Crippen LogP contribution in [-0.2, 0) is 10.4 Å². The number of likely N-dealkylation sites (tertiary alicyclic amines) is 1. The number of aliphatic hydroxyl groups is 1. The van der Waals surface area contributed by atoms with Crippen LogP contribution in [0.15, 0.2) is 30.3 Å². The third-order valence-corrected chi connectivity index (χ3v) is 6.03. The van der Waals surface area contributed by atoms with Crippen LogP contribution in [0.4, 0.5) is 0 Å². The van der Waals surface area contributed by atoms with E-state index < -0.39 is 11.6 Å². The first-order valence-electron chi connectivity index (χ1n) is 8.75. The van der Waals surface area contributed by atoms with Gasteiger partial charge in [-0.05, 0) is 24.3 Å². The van der Waals surface area contributed by atoms with Gasteiger partial charge in [0.25, 0.3) is 0 Å². The van der Waals surface area contributed by atoms with Crippen LogP contribution in [0.3, 0.4) is 0 Å². The van der Waals surface area contributed by atoms with Gasteiger partial charge in [-0.25, -0.2) is 0 Å². The van der Waals surface area contributed by atoms with Crippen LogP contribution in [-0.4, -0.2) is 42.2 Å². The molecule has 0 spiro atoms. The van der Waals surface area contributed by atoms with Crippen molar-refractivity contribution in [1.82, 2.24) is 0 Å². The van der Waals surface area contributed by atoms with Crippen LogP contribution in [0.1, 0.15) is 37.7 Å². The first-order chi connectivity index (χ1) is 10.9. The normalized spacial score (nSPS) is 31.1. The minimum Gasteiger partial charge on any atom is -0.544 e. The van der Waals surface area contributed by atoms with Crippen molar-refractivity contribution in [2.24, 2.45) is 11.8 Å². The number of carbonyl (C=O) groups excluding carboxylic acids is 1. The highest BCUT2D eigenvalue weighted by Crippen LogP contribution is 2.48. The number of likely N-dealkylation sites (N-methyl/N-ethyl adjacent to an activating group) is 1. The quantitative estimate of drug-likeness (QED) is 0.832. The molecule has 4 nitrogen and oxygen atoms in total. The molecule has 1 heterocycles. The van der Waals surface area contributed by atoms with Crippen molar-refractivity contribution < 1.29 is 19.5 Å². The van der Waals surface area contributed by atoms with Crippen molar-refractivity contribution in [3.63, 3.8) is 0 Å². The third kappa shape index (κ3) is 3.15. The lowest BCUT2D eigenvalue weighted by molar-refractivity contribution is -0.894. The molecule has 2 aliphatic rings. The topological polar surface area (TPSA) is 60.4 Å². The molecule has 2 fully saturated rings. The van der Waals surface area contributed by atoms with Crippen molar-refractivity contribution in [2.75, 3.05) is 26.7 Å². The monoisotopic (exact) mass is 317 g/mol. The van der Waals surface area contributed by atoms with Crippen molar-refractivity contribution >= 4 is 5.97 Å². The van der Waals surface area contributed by atoms with E-state index in [2.05, 4.69) is 0 Å². The molecule has 1 aliphatic carbocycles. The molecule has 126 valence electrons. The number of hydrogen-bond donors (Lipinski definition) is 1. The Labute approximate surface area is 138 Å². The van der Waals surface area contributed by atoms with Crippen molar-refractivity contribution in [1.29, 1.82) is 0 Å². The molecule has 1 saturated carbocycles. The average Bonchev–Trinajstić information content (AvgIpc) is 3.17. The highest BCUT2D eigenvalue weighted by molar-refractivity contribution is 5.65. The number of benzene rings is 1. The van der Waals surface area contributed by atoms with E-state index in [-0.39, 0.29) is 18.4 Å². The Hall–Kier alpha value is -1.39. The van der Waals surface area contributed by atoms with E-state index in [0.29, 0.717) is 11.0 Å². The lowest BCUT2D eigenvalue weighted by atomic mass is 9.71. The van der Waals surface area contributed by atoms with Crippen LogP contribution in [0, 0.1) is 11.8 Å². The highest BCUT2D eigenvalue weighted by atomic mass is 16.4. The number of aliphatic carboxylic acids is 1. The van der Waals surface area contributed by atoms with Gasteiger partial charge in [-0.1, -0.05) is 43.2 Å². The number of carbonyl (C=O) groups is 1. The Balaban J connectivity index is 1.89. The van der Waals surface area contributed by atoms with Crippen LogP contribution >= 0.6 is 0 Å². The molecule has 3 rings (SSSR count). The van der Waals surface area contributed by atoms with E-state index >= 15 is 0 Å². The zero-order valence-electron chi connectivity index (χ0n) is 13.9. The summed E-state index contributed by atoms with van der Waals surface area (Å²) in [6.07, 6.45) is 5.35. The molecule has 0 bridgehead atoms. The number of quaternary nitrogens is 1.